The van der Waals surface area contributed by atoms with Gasteiger partial charge in [-0.25, -0.2) is 0 Å². The van der Waals surface area contributed by atoms with Crippen LogP contribution in [0, 0.1) is 5.92 Å². The SMILES string of the molecule is CC(C)C[C@H]1COC/C=C/COC[C@H]2O[C@@H](CC(=O)N1)[C@H](OCc1ccccc1)[C@@H](OCc1ccccc1)[C@@H]2OCc1ccccc1. The maximum atomic E-state index is 13.7. The van der Waals surface area contributed by atoms with Gasteiger partial charge in [-0.2, -0.15) is 0 Å². The van der Waals surface area contributed by atoms with E-state index in [0.29, 0.717) is 45.6 Å². The molecule has 6 atom stereocenters. The molecule has 2 aliphatic heterocycles. The Bertz CT molecular complexity index is 1340. The lowest BCUT2D eigenvalue weighted by atomic mass is 9.92. The van der Waals surface area contributed by atoms with Crippen LogP contribution in [0.3, 0.4) is 0 Å². The Kier molecular flexibility index (Phi) is 14.0. The topological polar surface area (TPSA) is 84.5 Å². The zero-order valence-electron chi connectivity index (χ0n) is 27.6. The van der Waals surface area contributed by atoms with E-state index < -0.39 is 30.5 Å². The van der Waals surface area contributed by atoms with Crippen LogP contribution in [-0.4, -0.2) is 68.9 Å². The van der Waals surface area contributed by atoms with E-state index in [4.69, 9.17) is 28.4 Å². The second-order valence-electron chi connectivity index (χ2n) is 12.6. The highest BCUT2D eigenvalue weighted by molar-refractivity contribution is 5.77. The second kappa shape index (κ2) is 18.8. The Morgan fingerprint density at radius 3 is 1.64 bits per heavy atom. The van der Waals surface area contributed by atoms with Crippen molar-refractivity contribution in [3.63, 3.8) is 0 Å². The quantitative estimate of drug-likeness (QED) is 0.255. The highest BCUT2D eigenvalue weighted by Crippen LogP contribution is 2.32. The third-order valence-corrected chi connectivity index (χ3v) is 8.29. The van der Waals surface area contributed by atoms with E-state index in [1.165, 1.54) is 0 Å². The Hall–Kier alpha value is -3.37. The molecule has 1 N–H and O–H groups in total. The number of fused-ring (bicyclic) bond motifs is 2. The van der Waals surface area contributed by atoms with Gasteiger partial charge >= 0.3 is 0 Å². The fourth-order valence-electron chi connectivity index (χ4n) is 6.06. The standard InChI is InChI=1S/C39H49NO7/c1-29(2)22-33-27-42-20-12-13-21-43-28-35-38(45-25-31-16-8-4-9-17-31)39(46-26-32-18-10-5-11-19-32)37(34(47-35)23-36(41)40-33)44-24-30-14-6-3-7-15-30/h3-19,29,33-35,37-39H,20-28H2,1-2H3,(H,40,41)/b13-12+/t33-,34-,35+,37-,38+,39+/m0/s1. The molecular weight excluding hydrogens is 594 g/mol. The first-order valence-electron chi connectivity index (χ1n) is 16.8. The van der Waals surface area contributed by atoms with Crippen molar-refractivity contribution in [3.05, 3.63) is 120 Å². The van der Waals surface area contributed by atoms with E-state index in [1.807, 2.05) is 103 Å². The van der Waals surface area contributed by atoms with Crippen LogP contribution in [0.4, 0.5) is 0 Å². The van der Waals surface area contributed by atoms with Gasteiger partial charge in [0, 0.05) is 0 Å². The fraction of sp³-hybridized carbons (Fsp3) is 0.462. The number of hydrogen-bond acceptors (Lipinski definition) is 7. The minimum Gasteiger partial charge on any atom is -0.375 e. The Morgan fingerprint density at radius 1 is 0.660 bits per heavy atom. The summed E-state index contributed by atoms with van der Waals surface area (Å²) in [6.07, 6.45) is 2.00. The number of amides is 1. The van der Waals surface area contributed by atoms with Crippen molar-refractivity contribution in [1.82, 2.24) is 5.32 Å². The molecule has 0 unspecified atom stereocenters. The van der Waals surface area contributed by atoms with E-state index in [0.717, 1.165) is 23.1 Å². The molecule has 1 saturated heterocycles. The maximum absolute atomic E-state index is 13.7. The average Bonchev–Trinajstić information content (AvgIpc) is 3.08. The van der Waals surface area contributed by atoms with Crippen LogP contribution in [0.2, 0.25) is 0 Å². The Labute approximate surface area is 279 Å². The lowest BCUT2D eigenvalue weighted by Gasteiger charge is -2.46. The van der Waals surface area contributed by atoms with E-state index in [9.17, 15) is 4.79 Å². The number of rotatable bonds is 11. The lowest BCUT2D eigenvalue weighted by Crippen LogP contribution is -2.62. The summed E-state index contributed by atoms with van der Waals surface area (Å²) in [5, 5.41) is 3.22. The first-order valence-corrected chi connectivity index (χ1v) is 16.8. The molecule has 0 spiro atoms. The molecule has 2 aliphatic rings. The maximum Gasteiger partial charge on any atom is 0.223 e. The summed E-state index contributed by atoms with van der Waals surface area (Å²) in [6.45, 7) is 6.87. The van der Waals surface area contributed by atoms with E-state index in [1.54, 1.807) is 0 Å². The van der Waals surface area contributed by atoms with Gasteiger partial charge in [0.15, 0.2) is 0 Å². The van der Waals surface area contributed by atoms with Gasteiger partial charge < -0.3 is 33.7 Å². The molecule has 1 fully saturated rings. The fourth-order valence-corrected chi connectivity index (χ4v) is 6.06. The van der Waals surface area contributed by atoms with Crippen LogP contribution in [0.5, 0.6) is 0 Å². The van der Waals surface area contributed by atoms with Crippen LogP contribution >= 0.6 is 0 Å². The van der Waals surface area contributed by atoms with Crippen molar-refractivity contribution in [2.45, 2.75) is 83.1 Å². The number of ether oxygens (including phenoxy) is 6. The average molecular weight is 644 g/mol. The number of nitrogens with one attached hydrogen (secondary N) is 1. The molecule has 5 rings (SSSR count). The highest BCUT2D eigenvalue weighted by atomic mass is 16.6. The van der Waals surface area contributed by atoms with Gasteiger partial charge in [0.25, 0.3) is 0 Å². The molecule has 8 heteroatoms. The molecule has 3 aromatic carbocycles. The minimum atomic E-state index is -0.606. The van der Waals surface area contributed by atoms with Crippen molar-refractivity contribution in [1.29, 1.82) is 0 Å². The summed E-state index contributed by atoms with van der Waals surface area (Å²) in [5.41, 5.74) is 3.09. The summed E-state index contributed by atoms with van der Waals surface area (Å²) < 4.78 is 38.9. The van der Waals surface area contributed by atoms with Crippen molar-refractivity contribution in [3.8, 4) is 0 Å². The first-order chi connectivity index (χ1) is 23.0. The Balaban J connectivity index is 1.46. The summed E-state index contributed by atoms with van der Waals surface area (Å²) >= 11 is 0. The van der Waals surface area contributed by atoms with Crippen molar-refractivity contribution in [2.24, 2.45) is 5.92 Å². The highest BCUT2D eigenvalue weighted by Gasteiger charge is 2.49. The summed E-state index contributed by atoms with van der Waals surface area (Å²) in [4.78, 5) is 13.7. The monoisotopic (exact) mass is 643 g/mol. The summed E-state index contributed by atoms with van der Waals surface area (Å²) in [5.74, 6) is 0.276. The largest absolute Gasteiger partial charge is 0.375 e. The molecule has 0 aliphatic carbocycles. The van der Waals surface area contributed by atoms with Gasteiger partial charge in [0.1, 0.15) is 24.4 Å². The number of benzene rings is 3. The van der Waals surface area contributed by atoms with Gasteiger partial charge in [0.2, 0.25) is 5.91 Å². The van der Waals surface area contributed by atoms with E-state index >= 15 is 0 Å². The van der Waals surface area contributed by atoms with Crippen molar-refractivity contribution in [2.75, 3.05) is 26.4 Å². The van der Waals surface area contributed by atoms with Crippen LogP contribution in [0.1, 0.15) is 43.4 Å². The number of carbonyl (C=O) groups is 1. The molecular formula is C39H49NO7. The van der Waals surface area contributed by atoms with Gasteiger partial charge in [-0.15, -0.1) is 0 Å². The predicted octanol–water partition coefficient (Wildman–Crippen LogP) is 6.03. The van der Waals surface area contributed by atoms with Crippen LogP contribution in [0.25, 0.3) is 0 Å². The zero-order chi connectivity index (χ0) is 32.7. The number of carbonyl (C=O) groups excluding carboxylic acids is 1. The summed E-state index contributed by atoms with van der Waals surface area (Å²) in [6, 6.07) is 30.0. The number of hydrogen-bond donors (Lipinski definition) is 1. The van der Waals surface area contributed by atoms with Gasteiger partial charge in [-0.3, -0.25) is 4.79 Å². The molecule has 3 aromatic rings. The lowest BCUT2D eigenvalue weighted by molar-refractivity contribution is -0.271. The van der Waals surface area contributed by atoms with Crippen molar-refractivity contribution >= 4 is 5.91 Å². The molecule has 0 radical (unpaired) electrons. The molecule has 1 amide bonds. The first kappa shape index (κ1) is 35.0. The van der Waals surface area contributed by atoms with Gasteiger partial charge in [-0.05, 0) is 29.0 Å². The normalized spacial score (nSPS) is 26.6. The van der Waals surface area contributed by atoms with Crippen molar-refractivity contribution < 1.29 is 33.2 Å². The van der Waals surface area contributed by atoms with Crippen LogP contribution in [-0.2, 0) is 53.0 Å². The molecule has 8 nitrogen and oxygen atoms in total. The summed E-state index contributed by atoms with van der Waals surface area (Å²) in [7, 11) is 0. The second-order valence-corrected chi connectivity index (χ2v) is 12.6. The van der Waals surface area contributed by atoms with Gasteiger partial charge in [-0.1, -0.05) is 117 Å². The van der Waals surface area contributed by atoms with E-state index in [-0.39, 0.29) is 25.0 Å². The third kappa shape index (κ3) is 11.4. The molecule has 2 heterocycles. The smallest absolute Gasteiger partial charge is 0.223 e. The Morgan fingerprint density at radius 2 is 1.13 bits per heavy atom. The predicted molar refractivity (Wildman–Crippen MR) is 180 cm³/mol. The van der Waals surface area contributed by atoms with Gasteiger partial charge in [0.05, 0.1) is 64.8 Å². The molecule has 0 aromatic heterocycles. The molecule has 252 valence electrons. The third-order valence-electron chi connectivity index (χ3n) is 8.29. The molecule has 2 bridgehead atoms. The van der Waals surface area contributed by atoms with Crippen LogP contribution < -0.4 is 5.32 Å². The zero-order valence-corrected chi connectivity index (χ0v) is 27.6. The van der Waals surface area contributed by atoms with Crippen LogP contribution in [0.15, 0.2) is 103 Å². The van der Waals surface area contributed by atoms with E-state index in [2.05, 4.69) is 19.2 Å². The minimum absolute atomic E-state index is 0.0966. The molecule has 0 saturated carbocycles. The molecule has 47 heavy (non-hydrogen) atoms.